The first kappa shape index (κ1) is 14.4. The summed E-state index contributed by atoms with van der Waals surface area (Å²) in [5.41, 5.74) is 3.88. The average molecular weight is 294 g/mol. The van der Waals surface area contributed by atoms with E-state index in [1.807, 2.05) is 6.07 Å². The minimum absolute atomic E-state index is 0. The van der Waals surface area contributed by atoms with Gasteiger partial charge in [0.15, 0.2) is 0 Å². The zero-order chi connectivity index (χ0) is 12.6. The summed E-state index contributed by atoms with van der Waals surface area (Å²) in [7, 11) is 0. The van der Waals surface area contributed by atoms with Crippen LogP contribution in [0.5, 0.6) is 0 Å². The summed E-state index contributed by atoms with van der Waals surface area (Å²) in [6.45, 7) is 3.23. The highest BCUT2D eigenvalue weighted by Gasteiger charge is 2.33. The van der Waals surface area contributed by atoms with E-state index >= 15 is 0 Å². The molecule has 3 heteroatoms. The molecular formula is C16H17Cl2N. The highest BCUT2D eigenvalue weighted by Crippen LogP contribution is 2.35. The predicted molar refractivity (Wildman–Crippen MR) is 83.3 cm³/mol. The Labute approximate surface area is 125 Å². The molecule has 2 aromatic carbocycles. The Morgan fingerprint density at radius 2 is 1.84 bits per heavy atom. The van der Waals surface area contributed by atoms with Crippen molar-refractivity contribution in [1.29, 1.82) is 0 Å². The van der Waals surface area contributed by atoms with Crippen LogP contribution in [0.25, 0.3) is 0 Å². The molecular weight excluding hydrogens is 277 g/mol. The van der Waals surface area contributed by atoms with Crippen LogP contribution in [0.1, 0.15) is 23.6 Å². The Hall–Kier alpha value is -1.02. The molecule has 2 aromatic rings. The molecule has 1 aliphatic heterocycles. The zero-order valence-electron chi connectivity index (χ0n) is 10.8. The fraction of sp³-hybridized carbons (Fsp3) is 0.250. The van der Waals surface area contributed by atoms with Gasteiger partial charge >= 0.3 is 0 Å². The van der Waals surface area contributed by atoms with Gasteiger partial charge in [0.2, 0.25) is 0 Å². The fourth-order valence-electron chi connectivity index (χ4n) is 2.83. The van der Waals surface area contributed by atoms with E-state index in [4.69, 9.17) is 11.6 Å². The standard InChI is InChI=1S/C16H16ClN.ClH/c1-16(13-5-3-2-4-6-13)15-8-7-14(17)11-12(15)9-10-18-16;/h2-8,11,18H,9-10H2,1H3;1H. The summed E-state index contributed by atoms with van der Waals surface area (Å²) in [4.78, 5) is 0. The molecule has 1 heterocycles. The lowest BCUT2D eigenvalue weighted by atomic mass is 9.79. The first-order valence-corrected chi connectivity index (χ1v) is 6.67. The van der Waals surface area contributed by atoms with Crippen LogP contribution in [0.15, 0.2) is 48.5 Å². The molecule has 3 rings (SSSR count). The van der Waals surface area contributed by atoms with Gasteiger partial charge in [-0.25, -0.2) is 0 Å². The van der Waals surface area contributed by atoms with Gasteiger partial charge in [-0.2, -0.15) is 0 Å². The van der Waals surface area contributed by atoms with Gasteiger partial charge in [-0.1, -0.05) is 48.0 Å². The Morgan fingerprint density at radius 3 is 2.58 bits per heavy atom. The molecule has 19 heavy (non-hydrogen) atoms. The molecule has 1 unspecified atom stereocenters. The zero-order valence-corrected chi connectivity index (χ0v) is 12.4. The van der Waals surface area contributed by atoms with Crippen molar-refractivity contribution in [3.8, 4) is 0 Å². The van der Waals surface area contributed by atoms with Crippen LogP contribution >= 0.6 is 24.0 Å². The average Bonchev–Trinajstić information content (AvgIpc) is 2.40. The van der Waals surface area contributed by atoms with E-state index < -0.39 is 0 Å². The van der Waals surface area contributed by atoms with Gasteiger partial charge in [0, 0.05) is 11.6 Å². The number of rotatable bonds is 1. The minimum Gasteiger partial charge on any atom is -0.304 e. The third kappa shape index (κ3) is 2.51. The van der Waals surface area contributed by atoms with Crippen LogP contribution in [-0.4, -0.2) is 6.54 Å². The van der Waals surface area contributed by atoms with Gasteiger partial charge in [0.25, 0.3) is 0 Å². The first-order valence-electron chi connectivity index (χ1n) is 6.29. The molecule has 1 nitrogen and oxygen atoms in total. The number of fused-ring (bicyclic) bond motifs is 1. The number of hydrogen-bond acceptors (Lipinski definition) is 1. The van der Waals surface area contributed by atoms with Crippen molar-refractivity contribution < 1.29 is 0 Å². The summed E-state index contributed by atoms with van der Waals surface area (Å²) >= 11 is 6.10. The Balaban J connectivity index is 0.00000133. The van der Waals surface area contributed by atoms with Gasteiger partial charge in [0.1, 0.15) is 0 Å². The monoisotopic (exact) mass is 293 g/mol. The predicted octanol–water partition coefficient (Wildman–Crippen LogP) is 4.17. The summed E-state index contributed by atoms with van der Waals surface area (Å²) < 4.78 is 0. The summed E-state index contributed by atoms with van der Waals surface area (Å²) in [6, 6.07) is 16.8. The minimum atomic E-state index is -0.112. The van der Waals surface area contributed by atoms with Crippen molar-refractivity contribution in [3.63, 3.8) is 0 Å². The lowest BCUT2D eigenvalue weighted by Gasteiger charge is -2.38. The molecule has 0 bridgehead atoms. The summed E-state index contributed by atoms with van der Waals surface area (Å²) in [5, 5.41) is 4.47. The fourth-order valence-corrected chi connectivity index (χ4v) is 3.02. The highest BCUT2D eigenvalue weighted by atomic mass is 35.5. The Kier molecular flexibility index (Phi) is 4.19. The van der Waals surface area contributed by atoms with E-state index in [9.17, 15) is 0 Å². The molecule has 0 aromatic heterocycles. The lowest BCUT2D eigenvalue weighted by Crippen LogP contribution is -2.45. The van der Waals surface area contributed by atoms with E-state index in [1.165, 1.54) is 16.7 Å². The lowest BCUT2D eigenvalue weighted by molar-refractivity contribution is 0.415. The van der Waals surface area contributed by atoms with Crippen molar-refractivity contribution in [2.75, 3.05) is 6.54 Å². The number of hydrogen-bond donors (Lipinski definition) is 1. The second-order valence-electron chi connectivity index (χ2n) is 4.97. The highest BCUT2D eigenvalue weighted by molar-refractivity contribution is 6.30. The second-order valence-corrected chi connectivity index (χ2v) is 5.41. The van der Waals surface area contributed by atoms with Crippen LogP contribution in [0.3, 0.4) is 0 Å². The van der Waals surface area contributed by atoms with Crippen molar-refractivity contribution in [2.45, 2.75) is 18.9 Å². The van der Waals surface area contributed by atoms with Crippen molar-refractivity contribution in [1.82, 2.24) is 5.32 Å². The van der Waals surface area contributed by atoms with E-state index in [-0.39, 0.29) is 17.9 Å². The molecule has 1 aliphatic rings. The van der Waals surface area contributed by atoms with Crippen LogP contribution < -0.4 is 5.32 Å². The van der Waals surface area contributed by atoms with Crippen LogP contribution in [0, 0.1) is 0 Å². The normalized spacial score (nSPS) is 21.4. The third-order valence-corrected chi connectivity index (χ3v) is 4.07. The Bertz CT molecular complexity index is 568. The van der Waals surface area contributed by atoms with Crippen molar-refractivity contribution in [3.05, 3.63) is 70.2 Å². The Morgan fingerprint density at radius 1 is 1.11 bits per heavy atom. The largest absolute Gasteiger partial charge is 0.304 e. The molecule has 1 atom stereocenters. The molecule has 0 saturated heterocycles. The maximum atomic E-state index is 6.10. The van der Waals surface area contributed by atoms with E-state index in [2.05, 4.69) is 54.7 Å². The van der Waals surface area contributed by atoms with Gasteiger partial charge in [-0.3, -0.25) is 0 Å². The second kappa shape index (κ2) is 5.54. The first-order chi connectivity index (χ1) is 8.70. The molecule has 0 radical (unpaired) electrons. The number of benzene rings is 2. The smallest absolute Gasteiger partial charge is 0.0664 e. The molecule has 0 saturated carbocycles. The molecule has 100 valence electrons. The van der Waals surface area contributed by atoms with E-state index in [0.29, 0.717) is 0 Å². The van der Waals surface area contributed by atoms with Crippen LogP contribution in [-0.2, 0) is 12.0 Å². The SMILES string of the molecule is CC1(c2ccccc2)NCCc2cc(Cl)ccc21.Cl. The summed E-state index contributed by atoms with van der Waals surface area (Å²) in [6.07, 6.45) is 1.04. The maximum Gasteiger partial charge on any atom is 0.0664 e. The van der Waals surface area contributed by atoms with Gasteiger partial charge < -0.3 is 5.32 Å². The molecule has 1 N–H and O–H groups in total. The van der Waals surface area contributed by atoms with Gasteiger partial charge in [-0.15, -0.1) is 12.4 Å². The maximum absolute atomic E-state index is 6.10. The van der Waals surface area contributed by atoms with Crippen LogP contribution in [0.4, 0.5) is 0 Å². The molecule has 0 amide bonds. The van der Waals surface area contributed by atoms with Gasteiger partial charge in [-0.05, 0) is 42.2 Å². The topological polar surface area (TPSA) is 12.0 Å². The summed E-state index contributed by atoms with van der Waals surface area (Å²) in [5.74, 6) is 0. The number of halogens is 2. The molecule has 0 aliphatic carbocycles. The van der Waals surface area contributed by atoms with E-state index in [0.717, 1.165) is 18.0 Å². The number of nitrogens with one attached hydrogen (secondary N) is 1. The van der Waals surface area contributed by atoms with Crippen molar-refractivity contribution in [2.24, 2.45) is 0 Å². The van der Waals surface area contributed by atoms with Crippen molar-refractivity contribution >= 4 is 24.0 Å². The van der Waals surface area contributed by atoms with Gasteiger partial charge in [0.05, 0.1) is 5.54 Å². The molecule has 0 fully saturated rings. The van der Waals surface area contributed by atoms with Crippen LogP contribution in [0.2, 0.25) is 5.02 Å². The molecule has 0 spiro atoms. The quantitative estimate of drug-likeness (QED) is 0.832. The third-order valence-electron chi connectivity index (χ3n) is 3.83. The van der Waals surface area contributed by atoms with E-state index in [1.54, 1.807) is 0 Å².